The van der Waals surface area contributed by atoms with Gasteiger partial charge in [-0.2, -0.15) is 5.26 Å². The number of hydrogen-bond acceptors (Lipinski definition) is 5. The van der Waals surface area contributed by atoms with Crippen LogP contribution in [0.2, 0.25) is 0 Å². The van der Waals surface area contributed by atoms with E-state index in [1.165, 1.54) is 0 Å². The second-order valence-corrected chi connectivity index (χ2v) is 4.33. The number of hydrogen-bond donors (Lipinski definition) is 1. The van der Waals surface area contributed by atoms with Gasteiger partial charge in [-0.15, -0.1) is 0 Å². The van der Waals surface area contributed by atoms with Crippen LogP contribution in [0.5, 0.6) is 11.5 Å². The summed E-state index contributed by atoms with van der Waals surface area (Å²) >= 11 is 0. The molecule has 102 valence electrons. The zero-order valence-corrected chi connectivity index (χ0v) is 11.0. The van der Waals surface area contributed by atoms with Crippen molar-refractivity contribution in [3.8, 4) is 28.8 Å². The van der Waals surface area contributed by atoms with Crippen LogP contribution in [0, 0.1) is 11.3 Å². The number of nitrogen functional groups attached to an aromatic ring is 1. The minimum Gasteiger partial charge on any atom is -0.457 e. The van der Waals surface area contributed by atoms with E-state index in [0.717, 1.165) is 5.75 Å². The van der Waals surface area contributed by atoms with Crippen LogP contribution in [0.25, 0.3) is 11.3 Å². The second-order valence-electron chi connectivity index (χ2n) is 4.33. The van der Waals surface area contributed by atoms with E-state index < -0.39 is 0 Å². The van der Waals surface area contributed by atoms with Crippen LogP contribution >= 0.6 is 0 Å². The summed E-state index contributed by atoms with van der Waals surface area (Å²) in [6.45, 7) is 0. The van der Waals surface area contributed by atoms with Crippen LogP contribution in [-0.2, 0) is 0 Å². The number of aromatic nitrogens is 1. The molecular weight excluding hydrogens is 266 g/mol. The van der Waals surface area contributed by atoms with Crippen LogP contribution in [0.15, 0.2) is 59.1 Å². The topological polar surface area (TPSA) is 85.1 Å². The molecule has 0 saturated heterocycles. The first kappa shape index (κ1) is 12.8. The zero-order chi connectivity index (χ0) is 14.7. The summed E-state index contributed by atoms with van der Waals surface area (Å²) in [5.41, 5.74) is 6.92. The third-order valence-corrected chi connectivity index (χ3v) is 2.92. The van der Waals surface area contributed by atoms with Crippen molar-refractivity contribution >= 4 is 5.88 Å². The first-order valence-electron chi connectivity index (χ1n) is 6.26. The lowest BCUT2D eigenvalue weighted by molar-refractivity contribution is 0.439. The fourth-order valence-electron chi connectivity index (χ4n) is 1.94. The Hall–Kier alpha value is -3.26. The number of anilines is 1. The normalized spacial score (nSPS) is 10.0. The first-order chi connectivity index (χ1) is 10.3. The first-order valence-corrected chi connectivity index (χ1v) is 6.26. The highest BCUT2D eigenvalue weighted by Gasteiger charge is 2.15. The SMILES string of the molecule is N#Cc1c(-c2cccc(Oc3ccccc3)c2)noc1N. The minimum atomic E-state index is 0.0156. The molecule has 3 rings (SSSR count). The molecule has 3 aromatic rings. The van der Waals surface area contributed by atoms with Gasteiger partial charge in [0.15, 0.2) is 0 Å². The van der Waals surface area contributed by atoms with Gasteiger partial charge < -0.3 is 15.0 Å². The van der Waals surface area contributed by atoms with Gasteiger partial charge >= 0.3 is 0 Å². The predicted octanol–water partition coefficient (Wildman–Crippen LogP) is 3.59. The lowest BCUT2D eigenvalue weighted by Crippen LogP contribution is -1.88. The van der Waals surface area contributed by atoms with Crippen molar-refractivity contribution in [1.82, 2.24) is 5.16 Å². The molecular formula is C16H11N3O2. The second kappa shape index (κ2) is 5.39. The van der Waals surface area contributed by atoms with Crippen molar-refractivity contribution in [1.29, 1.82) is 5.26 Å². The van der Waals surface area contributed by atoms with Crippen molar-refractivity contribution in [2.24, 2.45) is 0 Å². The summed E-state index contributed by atoms with van der Waals surface area (Å²) in [6.07, 6.45) is 0. The Balaban J connectivity index is 1.95. The number of nitrogens with zero attached hydrogens (tertiary/aromatic N) is 2. The van der Waals surface area contributed by atoms with Crippen molar-refractivity contribution < 1.29 is 9.26 Å². The van der Waals surface area contributed by atoms with E-state index in [4.69, 9.17) is 20.3 Å². The van der Waals surface area contributed by atoms with E-state index >= 15 is 0 Å². The van der Waals surface area contributed by atoms with Crippen LogP contribution < -0.4 is 10.5 Å². The third-order valence-electron chi connectivity index (χ3n) is 2.92. The van der Waals surface area contributed by atoms with Crippen molar-refractivity contribution in [3.63, 3.8) is 0 Å². The summed E-state index contributed by atoms with van der Waals surface area (Å²) in [7, 11) is 0. The fourth-order valence-corrected chi connectivity index (χ4v) is 1.94. The summed E-state index contributed by atoms with van der Waals surface area (Å²) in [4.78, 5) is 0. The highest BCUT2D eigenvalue weighted by molar-refractivity contribution is 5.71. The molecule has 0 fully saturated rings. The molecule has 21 heavy (non-hydrogen) atoms. The van der Waals surface area contributed by atoms with Gasteiger partial charge in [0.1, 0.15) is 28.8 Å². The van der Waals surface area contributed by atoms with Crippen LogP contribution in [-0.4, -0.2) is 5.16 Å². The van der Waals surface area contributed by atoms with Crippen LogP contribution in [0.3, 0.4) is 0 Å². The van der Waals surface area contributed by atoms with E-state index in [1.807, 2.05) is 54.6 Å². The highest BCUT2D eigenvalue weighted by atomic mass is 16.5. The van der Waals surface area contributed by atoms with Gasteiger partial charge in [0.05, 0.1) is 0 Å². The summed E-state index contributed by atoms with van der Waals surface area (Å²) < 4.78 is 10.6. The summed E-state index contributed by atoms with van der Waals surface area (Å²) in [6, 6.07) is 18.7. The van der Waals surface area contributed by atoms with Gasteiger partial charge in [-0.25, -0.2) is 0 Å². The van der Waals surface area contributed by atoms with E-state index in [-0.39, 0.29) is 11.4 Å². The largest absolute Gasteiger partial charge is 0.457 e. The third kappa shape index (κ3) is 2.55. The Morgan fingerprint density at radius 2 is 1.81 bits per heavy atom. The van der Waals surface area contributed by atoms with Crippen molar-refractivity contribution in [3.05, 3.63) is 60.2 Å². The molecule has 2 aromatic carbocycles. The Morgan fingerprint density at radius 1 is 1.05 bits per heavy atom. The van der Waals surface area contributed by atoms with E-state index in [2.05, 4.69) is 5.16 Å². The van der Waals surface area contributed by atoms with Gasteiger partial charge in [0.2, 0.25) is 5.88 Å². The number of nitrogens with two attached hydrogens (primary N) is 1. The predicted molar refractivity (Wildman–Crippen MR) is 77.6 cm³/mol. The van der Waals surface area contributed by atoms with Gasteiger partial charge in [0.25, 0.3) is 0 Å². The smallest absolute Gasteiger partial charge is 0.240 e. The quantitative estimate of drug-likeness (QED) is 0.790. The monoisotopic (exact) mass is 277 g/mol. The molecule has 1 aromatic heterocycles. The molecule has 5 heteroatoms. The van der Waals surface area contributed by atoms with E-state index in [0.29, 0.717) is 17.0 Å². The summed E-state index contributed by atoms with van der Waals surface area (Å²) in [5.74, 6) is 1.39. The van der Waals surface area contributed by atoms with Crippen LogP contribution in [0.4, 0.5) is 5.88 Å². The number of nitriles is 1. The van der Waals surface area contributed by atoms with Crippen LogP contribution in [0.1, 0.15) is 5.56 Å². The maximum atomic E-state index is 9.09. The molecule has 0 aliphatic carbocycles. The molecule has 0 unspecified atom stereocenters. The van der Waals surface area contributed by atoms with E-state index in [9.17, 15) is 0 Å². The lowest BCUT2D eigenvalue weighted by Gasteiger charge is -2.06. The number of benzene rings is 2. The number of ether oxygens (including phenoxy) is 1. The standard InChI is InChI=1S/C16H11N3O2/c17-10-14-15(19-21-16(14)18)11-5-4-8-13(9-11)20-12-6-2-1-3-7-12/h1-9H,18H2. The fraction of sp³-hybridized carbons (Fsp3) is 0. The Bertz CT molecular complexity index is 804. The lowest BCUT2D eigenvalue weighted by atomic mass is 10.1. The molecule has 0 aliphatic heterocycles. The molecule has 0 atom stereocenters. The zero-order valence-electron chi connectivity index (χ0n) is 11.0. The molecule has 0 bridgehead atoms. The van der Waals surface area contributed by atoms with Gasteiger partial charge in [-0.3, -0.25) is 0 Å². The van der Waals surface area contributed by atoms with Crippen molar-refractivity contribution in [2.45, 2.75) is 0 Å². The molecule has 0 amide bonds. The maximum Gasteiger partial charge on any atom is 0.240 e. The highest BCUT2D eigenvalue weighted by Crippen LogP contribution is 2.30. The molecule has 0 aliphatic rings. The summed E-state index contributed by atoms with van der Waals surface area (Å²) in [5, 5.41) is 12.9. The average molecular weight is 277 g/mol. The molecule has 0 spiro atoms. The van der Waals surface area contributed by atoms with Gasteiger partial charge in [-0.05, 0) is 24.3 Å². The molecule has 5 nitrogen and oxygen atoms in total. The molecule has 1 heterocycles. The van der Waals surface area contributed by atoms with Gasteiger partial charge in [-0.1, -0.05) is 35.5 Å². The molecule has 0 saturated carbocycles. The van der Waals surface area contributed by atoms with E-state index in [1.54, 1.807) is 6.07 Å². The molecule has 0 radical (unpaired) electrons. The Kier molecular flexibility index (Phi) is 3.27. The Morgan fingerprint density at radius 3 is 2.57 bits per heavy atom. The average Bonchev–Trinajstić information content (AvgIpc) is 2.89. The number of para-hydroxylation sites is 1. The number of rotatable bonds is 3. The van der Waals surface area contributed by atoms with Gasteiger partial charge in [0, 0.05) is 5.56 Å². The minimum absolute atomic E-state index is 0.0156. The van der Waals surface area contributed by atoms with Crippen molar-refractivity contribution in [2.75, 3.05) is 5.73 Å². The Labute approximate surface area is 121 Å². The molecule has 2 N–H and O–H groups in total. The maximum absolute atomic E-state index is 9.09.